The Morgan fingerprint density at radius 3 is 2.44 bits per heavy atom. The van der Waals surface area contributed by atoms with Gasteiger partial charge in [-0.15, -0.1) is 0 Å². The highest BCUT2D eigenvalue weighted by atomic mass is 16.7. The molecule has 0 aliphatic carbocycles. The summed E-state index contributed by atoms with van der Waals surface area (Å²) in [6.07, 6.45) is -5.77. The van der Waals surface area contributed by atoms with Gasteiger partial charge < -0.3 is 30.1 Å². The Kier molecular flexibility index (Phi) is 4.63. The average molecular weight is 235 g/mol. The zero-order valence-corrected chi connectivity index (χ0v) is 9.16. The van der Waals surface area contributed by atoms with Crippen molar-refractivity contribution >= 4 is 5.91 Å². The number of ether oxygens (including phenoxy) is 2. The van der Waals surface area contributed by atoms with Gasteiger partial charge in [-0.1, -0.05) is 0 Å². The highest BCUT2D eigenvalue weighted by Gasteiger charge is 2.43. The van der Waals surface area contributed by atoms with Crippen molar-refractivity contribution in [2.45, 2.75) is 37.6 Å². The van der Waals surface area contributed by atoms with Gasteiger partial charge >= 0.3 is 0 Å². The summed E-state index contributed by atoms with van der Waals surface area (Å²) in [5, 5.41) is 31.0. The third kappa shape index (κ3) is 2.89. The van der Waals surface area contributed by atoms with Gasteiger partial charge in [0, 0.05) is 20.6 Å². The van der Waals surface area contributed by atoms with Crippen LogP contribution in [0.2, 0.25) is 0 Å². The first-order valence-corrected chi connectivity index (χ1v) is 4.94. The van der Waals surface area contributed by atoms with E-state index in [4.69, 9.17) is 9.47 Å². The molecule has 0 radical (unpaired) electrons. The summed E-state index contributed by atoms with van der Waals surface area (Å²) in [7, 11) is 1.31. The second-order valence-electron chi connectivity index (χ2n) is 3.69. The minimum atomic E-state index is -1.36. The predicted octanol–water partition coefficient (Wildman–Crippen LogP) is -2.42. The molecule has 0 aromatic carbocycles. The van der Waals surface area contributed by atoms with Gasteiger partial charge in [-0.2, -0.15) is 0 Å². The molecule has 0 bridgehead atoms. The highest BCUT2D eigenvalue weighted by molar-refractivity contribution is 5.72. The van der Waals surface area contributed by atoms with Crippen LogP contribution in [0.5, 0.6) is 0 Å². The summed E-state index contributed by atoms with van der Waals surface area (Å²) >= 11 is 0. The number of amides is 1. The maximum absolute atomic E-state index is 10.7. The molecule has 1 heterocycles. The molecule has 5 atom stereocenters. The lowest BCUT2D eigenvalue weighted by atomic mass is 9.99. The first-order valence-electron chi connectivity index (χ1n) is 4.94. The van der Waals surface area contributed by atoms with Crippen molar-refractivity contribution in [2.24, 2.45) is 0 Å². The second-order valence-corrected chi connectivity index (χ2v) is 3.69. The van der Waals surface area contributed by atoms with Crippen molar-refractivity contribution in [2.75, 3.05) is 13.7 Å². The Hall–Kier alpha value is -0.730. The monoisotopic (exact) mass is 235 g/mol. The largest absolute Gasteiger partial charge is 0.388 e. The molecule has 0 saturated carbocycles. The van der Waals surface area contributed by atoms with Gasteiger partial charge in [-0.3, -0.25) is 4.79 Å². The fourth-order valence-corrected chi connectivity index (χ4v) is 1.52. The lowest BCUT2D eigenvalue weighted by Gasteiger charge is -2.39. The smallest absolute Gasteiger partial charge is 0.216 e. The Labute approximate surface area is 93.0 Å². The Morgan fingerprint density at radius 1 is 1.31 bits per heavy atom. The van der Waals surface area contributed by atoms with E-state index in [0.717, 1.165) is 0 Å². The summed E-state index contributed by atoms with van der Waals surface area (Å²) in [4.78, 5) is 10.7. The summed E-state index contributed by atoms with van der Waals surface area (Å²) < 4.78 is 9.99. The van der Waals surface area contributed by atoms with Crippen molar-refractivity contribution in [3.05, 3.63) is 0 Å². The van der Waals surface area contributed by atoms with Crippen LogP contribution in [-0.4, -0.2) is 65.6 Å². The van der Waals surface area contributed by atoms with E-state index < -0.39 is 30.7 Å². The molecule has 1 aliphatic rings. The Morgan fingerprint density at radius 2 is 1.94 bits per heavy atom. The molecule has 4 N–H and O–H groups in total. The van der Waals surface area contributed by atoms with Gasteiger partial charge in [0.15, 0.2) is 6.29 Å². The summed E-state index contributed by atoms with van der Waals surface area (Å²) in [5.41, 5.74) is 0. The van der Waals surface area contributed by atoms with Gasteiger partial charge in [0.25, 0.3) is 0 Å². The van der Waals surface area contributed by atoms with Gasteiger partial charge in [-0.05, 0) is 0 Å². The van der Waals surface area contributed by atoms with E-state index in [9.17, 15) is 20.1 Å². The second kappa shape index (κ2) is 5.55. The number of rotatable bonds is 3. The normalized spacial score (nSPS) is 39.4. The van der Waals surface area contributed by atoms with Gasteiger partial charge in [0.05, 0.1) is 0 Å². The number of carbonyl (C=O) groups is 1. The van der Waals surface area contributed by atoms with Crippen molar-refractivity contribution in [3.8, 4) is 0 Å². The lowest BCUT2D eigenvalue weighted by molar-refractivity contribution is -0.288. The number of aliphatic hydroxyl groups excluding tert-OH is 3. The zero-order chi connectivity index (χ0) is 12.3. The molecule has 0 spiro atoms. The van der Waals surface area contributed by atoms with E-state index >= 15 is 0 Å². The van der Waals surface area contributed by atoms with E-state index in [1.807, 2.05) is 0 Å². The number of hydrogen-bond donors (Lipinski definition) is 4. The first-order chi connectivity index (χ1) is 7.47. The van der Waals surface area contributed by atoms with E-state index in [1.165, 1.54) is 14.0 Å². The number of hydrogen-bond acceptors (Lipinski definition) is 6. The summed E-state index contributed by atoms with van der Waals surface area (Å²) in [5.74, 6) is -0.273. The molecule has 0 aromatic rings. The third-order valence-electron chi connectivity index (χ3n) is 2.45. The Balaban J connectivity index is 2.60. The Bertz CT molecular complexity index is 246. The molecule has 1 amide bonds. The molecule has 1 rings (SSSR count). The van der Waals surface area contributed by atoms with E-state index in [2.05, 4.69) is 5.32 Å². The number of methoxy groups -OCH3 is 1. The summed E-state index contributed by atoms with van der Waals surface area (Å²) in [6, 6.07) is 0. The molecule has 1 fully saturated rings. The summed E-state index contributed by atoms with van der Waals surface area (Å²) in [6.45, 7) is 1.37. The molecule has 94 valence electrons. The average Bonchev–Trinajstić information content (AvgIpc) is 2.25. The number of carbonyl (C=O) groups excluding carboxylic acids is 1. The van der Waals surface area contributed by atoms with Crippen LogP contribution in [0.15, 0.2) is 0 Å². The lowest BCUT2D eigenvalue weighted by Crippen LogP contribution is -2.60. The fourth-order valence-electron chi connectivity index (χ4n) is 1.52. The number of aliphatic hydroxyl groups is 3. The molecular formula is C9H17NO6. The SMILES string of the molecule is COC1O[C@H](CNC(C)=O)[C@@H](O)C(O)[C@@H]1O. The molecule has 0 aromatic heterocycles. The van der Waals surface area contributed by atoms with Crippen LogP contribution in [0.3, 0.4) is 0 Å². The van der Waals surface area contributed by atoms with E-state index in [1.54, 1.807) is 0 Å². The van der Waals surface area contributed by atoms with Crippen LogP contribution in [-0.2, 0) is 14.3 Å². The zero-order valence-electron chi connectivity index (χ0n) is 9.16. The van der Waals surface area contributed by atoms with Gasteiger partial charge in [-0.25, -0.2) is 0 Å². The minimum absolute atomic E-state index is 0.0418. The van der Waals surface area contributed by atoms with Crippen LogP contribution >= 0.6 is 0 Å². The van der Waals surface area contributed by atoms with Gasteiger partial charge in [0.1, 0.15) is 24.4 Å². The van der Waals surface area contributed by atoms with Crippen LogP contribution in [0.25, 0.3) is 0 Å². The number of nitrogens with one attached hydrogen (secondary N) is 1. The molecule has 1 saturated heterocycles. The van der Waals surface area contributed by atoms with Crippen LogP contribution in [0, 0.1) is 0 Å². The van der Waals surface area contributed by atoms with Crippen molar-refractivity contribution in [3.63, 3.8) is 0 Å². The molecule has 16 heavy (non-hydrogen) atoms. The molecule has 7 nitrogen and oxygen atoms in total. The van der Waals surface area contributed by atoms with Gasteiger partial charge in [0.2, 0.25) is 5.91 Å². The maximum Gasteiger partial charge on any atom is 0.216 e. The fraction of sp³-hybridized carbons (Fsp3) is 0.889. The quantitative estimate of drug-likeness (QED) is 0.433. The van der Waals surface area contributed by atoms with E-state index in [0.29, 0.717) is 0 Å². The molecule has 7 heteroatoms. The predicted molar refractivity (Wildman–Crippen MR) is 52.4 cm³/mol. The highest BCUT2D eigenvalue weighted by Crippen LogP contribution is 2.21. The standard InChI is InChI=1S/C9H17NO6/c1-4(11)10-3-5-6(12)7(13)8(14)9(15-2)16-5/h5-9,12-14H,3H2,1-2H3,(H,10,11)/t5-,6-,7?,8+,9?/m1/s1. The molecule has 1 aliphatic heterocycles. The van der Waals surface area contributed by atoms with Crippen molar-refractivity contribution in [1.82, 2.24) is 5.32 Å². The van der Waals surface area contributed by atoms with Crippen LogP contribution < -0.4 is 5.32 Å². The topological polar surface area (TPSA) is 108 Å². The van der Waals surface area contributed by atoms with Crippen LogP contribution in [0.4, 0.5) is 0 Å². The third-order valence-corrected chi connectivity index (χ3v) is 2.45. The van der Waals surface area contributed by atoms with Crippen molar-refractivity contribution < 1.29 is 29.6 Å². The molecular weight excluding hydrogens is 218 g/mol. The maximum atomic E-state index is 10.7. The minimum Gasteiger partial charge on any atom is -0.388 e. The van der Waals surface area contributed by atoms with Crippen LogP contribution in [0.1, 0.15) is 6.92 Å². The van der Waals surface area contributed by atoms with Crippen molar-refractivity contribution in [1.29, 1.82) is 0 Å². The van der Waals surface area contributed by atoms with E-state index in [-0.39, 0.29) is 12.5 Å². The first kappa shape index (κ1) is 13.3. The molecule has 2 unspecified atom stereocenters.